The van der Waals surface area contributed by atoms with Crippen molar-refractivity contribution in [3.8, 4) is 5.75 Å². The third-order valence-electron chi connectivity index (χ3n) is 2.46. The lowest BCUT2D eigenvalue weighted by atomic mass is 9.98. The van der Waals surface area contributed by atoms with Crippen molar-refractivity contribution in [2.24, 2.45) is 0 Å². The molecule has 1 aromatic rings. The number of methoxy groups -OCH3 is 2. The first kappa shape index (κ1) is 11.9. The standard InChI is InChI=1S/C11H17NO3/c1-11(2,15-4)10(13)9-8(14-3)6-5-7-12-9/h5-7,10,13H,1-4H3. The van der Waals surface area contributed by atoms with Crippen molar-refractivity contribution in [1.82, 2.24) is 4.98 Å². The van der Waals surface area contributed by atoms with Crippen LogP contribution in [0.4, 0.5) is 0 Å². The summed E-state index contributed by atoms with van der Waals surface area (Å²) in [5, 5.41) is 10.1. The lowest BCUT2D eigenvalue weighted by Gasteiger charge is -2.29. The molecular weight excluding hydrogens is 194 g/mol. The molecular formula is C11H17NO3. The Morgan fingerprint density at radius 2 is 2.07 bits per heavy atom. The van der Waals surface area contributed by atoms with Crippen molar-refractivity contribution in [1.29, 1.82) is 0 Å². The lowest BCUT2D eigenvalue weighted by Crippen LogP contribution is -2.32. The number of pyridine rings is 1. The van der Waals surface area contributed by atoms with Gasteiger partial charge in [0.25, 0.3) is 0 Å². The molecule has 84 valence electrons. The highest BCUT2D eigenvalue weighted by molar-refractivity contribution is 5.29. The molecule has 1 aromatic heterocycles. The molecule has 1 unspecified atom stereocenters. The predicted molar refractivity (Wildman–Crippen MR) is 56.8 cm³/mol. The van der Waals surface area contributed by atoms with E-state index in [0.717, 1.165) is 0 Å². The van der Waals surface area contributed by atoms with Crippen molar-refractivity contribution >= 4 is 0 Å². The Morgan fingerprint density at radius 1 is 1.40 bits per heavy atom. The van der Waals surface area contributed by atoms with Crippen LogP contribution in [0.1, 0.15) is 25.6 Å². The van der Waals surface area contributed by atoms with Crippen molar-refractivity contribution in [3.05, 3.63) is 24.0 Å². The van der Waals surface area contributed by atoms with E-state index in [-0.39, 0.29) is 0 Å². The van der Waals surface area contributed by atoms with Gasteiger partial charge in [0.05, 0.1) is 12.7 Å². The molecule has 0 aromatic carbocycles. The molecule has 0 fully saturated rings. The first-order valence-electron chi connectivity index (χ1n) is 4.75. The third kappa shape index (κ3) is 2.46. The number of aliphatic hydroxyl groups is 1. The Bertz CT molecular complexity index is 325. The molecule has 0 saturated heterocycles. The lowest BCUT2D eigenvalue weighted by molar-refractivity contribution is -0.0817. The summed E-state index contributed by atoms with van der Waals surface area (Å²) < 4.78 is 10.3. The van der Waals surface area contributed by atoms with E-state index in [9.17, 15) is 5.11 Å². The maximum Gasteiger partial charge on any atom is 0.143 e. The summed E-state index contributed by atoms with van der Waals surface area (Å²) in [7, 11) is 3.10. The number of ether oxygens (including phenoxy) is 2. The summed E-state index contributed by atoms with van der Waals surface area (Å²) in [4.78, 5) is 4.11. The van der Waals surface area contributed by atoms with Crippen molar-refractivity contribution in [2.75, 3.05) is 14.2 Å². The zero-order chi connectivity index (χ0) is 11.5. The summed E-state index contributed by atoms with van der Waals surface area (Å²) >= 11 is 0. The molecule has 15 heavy (non-hydrogen) atoms. The number of aromatic nitrogens is 1. The van der Waals surface area contributed by atoms with Crippen LogP contribution in [-0.2, 0) is 4.74 Å². The second-order valence-corrected chi connectivity index (χ2v) is 3.80. The largest absolute Gasteiger partial charge is 0.495 e. The van der Waals surface area contributed by atoms with Gasteiger partial charge < -0.3 is 14.6 Å². The molecule has 0 amide bonds. The molecule has 0 bridgehead atoms. The number of hydrogen-bond acceptors (Lipinski definition) is 4. The molecule has 1 rings (SSSR count). The van der Waals surface area contributed by atoms with Crippen LogP contribution >= 0.6 is 0 Å². The van der Waals surface area contributed by atoms with Gasteiger partial charge >= 0.3 is 0 Å². The molecule has 4 heteroatoms. The zero-order valence-electron chi connectivity index (χ0n) is 9.52. The SMILES string of the molecule is COc1cccnc1C(O)C(C)(C)OC. The first-order chi connectivity index (χ1) is 7.03. The Kier molecular flexibility index (Phi) is 3.66. The van der Waals surface area contributed by atoms with Crippen LogP contribution in [0.15, 0.2) is 18.3 Å². The van der Waals surface area contributed by atoms with Gasteiger partial charge in [-0.15, -0.1) is 0 Å². The number of nitrogens with zero attached hydrogens (tertiary/aromatic N) is 1. The van der Waals surface area contributed by atoms with Gasteiger partial charge in [-0.25, -0.2) is 0 Å². The Balaban J connectivity index is 3.05. The minimum absolute atomic E-state index is 0.492. The van der Waals surface area contributed by atoms with Crippen LogP contribution < -0.4 is 4.74 Å². The summed E-state index contributed by atoms with van der Waals surface area (Å²) in [6, 6.07) is 3.52. The van der Waals surface area contributed by atoms with Gasteiger partial charge in [0.15, 0.2) is 0 Å². The third-order valence-corrected chi connectivity index (χ3v) is 2.46. The smallest absolute Gasteiger partial charge is 0.143 e. The van der Waals surface area contributed by atoms with Gasteiger partial charge in [0, 0.05) is 13.3 Å². The van der Waals surface area contributed by atoms with E-state index in [0.29, 0.717) is 11.4 Å². The zero-order valence-corrected chi connectivity index (χ0v) is 9.52. The van der Waals surface area contributed by atoms with Crippen LogP contribution in [0.3, 0.4) is 0 Å². The molecule has 0 spiro atoms. The summed E-state index contributed by atoms with van der Waals surface area (Å²) in [6.45, 7) is 3.59. The topological polar surface area (TPSA) is 51.6 Å². The molecule has 1 N–H and O–H groups in total. The van der Waals surface area contributed by atoms with E-state index >= 15 is 0 Å². The summed E-state index contributed by atoms with van der Waals surface area (Å²) in [6.07, 6.45) is 0.797. The molecule has 0 aliphatic rings. The Hall–Kier alpha value is -1.13. The molecule has 0 aliphatic carbocycles. The average molecular weight is 211 g/mol. The minimum atomic E-state index is -0.821. The maximum absolute atomic E-state index is 10.1. The van der Waals surface area contributed by atoms with E-state index in [1.807, 2.05) is 0 Å². The van der Waals surface area contributed by atoms with Gasteiger partial charge in [-0.3, -0.25) is 4.98 Å². The van der Waals surface area contributed by atoms with Gasteiger partial charge in [-0.1, -0.05) is 0 Å². The van der Waals surface area contributed by atoms with Crippen molar-refractivity contribution in [2.45, 2.75) is 25.6 Å². The predicted octanol–water partition coefficient (Wildman–Crippen LogP) is 1.55. The van der Waals surface area contributed by atoms with Gasteiger partial charge in [0.1, 0.15) is 17.5 Å². The highest BCUT2D eigenvalue weighted by Gasteiger charge is 2.31. The fourth-order valence-corrected chi connectivity index (χ4v) is 1.22. The highest BCUT2D eigenvalue weighted by Crippen LogP contribution is 2.31. The number of rotatable bonds is 4. The van der Waals surface area contributed by atoms with E-state index in [2.05, 4.69) is 4.98 Å². The molecule has 0 aliphatic heterocycles. The summed E-state index contributed by atoms with van der Waals surface area (Å²) in [5.41, 5.74) is -0.200. The fraction of sp³-hybridized carbons (Fsp3) is 0.545. The number of hydrogen-bond donors (Lipinski definition) is 1. The van der Waals surface area contributed by atoms with Crippen molar-refractivity contribution < 1.29 is 14.6 Å². The highest BCUT2D eigenvalue weighted by atomic mass is 16.5. The molecule has 1 heterocycles. The molecule has 0 saturated carbocycles. The van der Waals surface area contributed by atoms with E-state index < -0.39 is 11.7 Å². The second-order valence-electron chi connectivity index (χ2n) is 3.80. The van der Waals surface area contributed by atoms with Crippen LogP contribution in [0.2, 0.25) is 0 Å². The fourth-order valence-electron chi connectivity index (χ4n) is 1.22. The Labute approximate surface area is 89.9 Å². The molecule has 1 atom stereocenters. The van der Waals surface area contributed by atoms with Gasteiger partial charge in [-0.05, 0) is 26.0 Å². The monoisotopic (exact) mass is 211 g/mol. The normalized spacial score (nSPS) is 13.7. The average Bonchev–Trinajstić information content (AvgIpc) is 2.28. The van der Waals surface area contributed by atoms with Crippen LogP contribution in [0, 0.1) is 0 Å². The Morgan fingerprint density at radius 3 is 2.60 bits per heavy atom. The molecule has 4 nitrogen and oxygen atoms in total. The van der Waals surface area contributed by atoms with E-state index in [4.69, 9.17) is 9.47 Å². The molecule has 0 radical (unpaired) electrons. The van der Waals surface area contributed by atoms with Crippen LogP contribution in [0.25, 0.3) is 0 Å². The maximum atomic E-state index is 10.1. The quantitative estimate of drug-likeness (QED) is 0.821. The van der Waals surface area contributed by atoms with Gasteiger partial charge in [0.2, 0.25) is 0 Å². The first-order valence-corrected chi connectivity index (χ1v) is 4.75. The number of aliphatic hydroxyl groups excluding tert-OH is 1. The van der Waals surface area contributed by atoms with E-state index in [1.165, 1.54) is 0 Å². The van der Waals surface area contributed by atoms with Crippen molar-refractivity contribution in [3.63, 3.8) is 0 Å². The second kappa shape index (κ2) is 4.59. The minimum Gasteiger partial charge on any atom is -0.495 e. The summed E-state index contributed by atoms with van der Waals surface area (Å²) in [5.74, 6) is 0.565. The van der Waals surface area contributed by atoms with Crippen LogP contribution in [-0.4, -0.2) is 29.9 Å². The van der Waals surface area contributed by atoms with E-state index in [1.54, 1.807) is 46.4 Å². The van der Waals surface area contributed by atoms with Gasteiger partial charge in [-0.2, -0.15) is 0 Å². The van der Waals surface area contributed by atoms with Crippen LogP contribution in [0.5, 0.6) is 5.75 Å².